The normalized spacial score (nSPS) is 24.0. The second-order valence-electron chi connectivity index (χ2n) is 3.43. The summed E-state index contributed by atoms with van der Waals surface area (Å²) < 4.78 is 5.41. The topological polar surface area (TPSA) is 9.23 Å². The Balaban J connectivity index is 2.20. The first-order valence-electron chi connectivity index (χ1n) is 4.71. The lowest BCUT2D eigenvalue weighted by Gasteiger charge is -2.23. The van der Waals surface area contributed by atoms with Crippen molar-refractivity contribution in [3.8, 4) is 0 Å². The van der Waals surface area contributed by atoms with Gasteiger partial charge in [0.1, 0.15) is 0 Å². The van der Waals surface area contributed by atoms with Crippen LogP contribution in [0.15, 0.2) is 24.8 Å². The maximum Gasteiger partial charge on any atom is 0.0645 e. The van der Waals surface area contributed by atoms with Crippen molar-refractivity contribution in [1.82, 2.24) is 0 Å². The number of hydrogen-bond acceptors (Lipinski definition) is 1. The van der Waals surface area contributed by atoms with E-state index in [4.69, 9.17) is 4.74 Å². The molecule has 1 rings (SSSR count). The van der Waals surface area contributed by atoms with Crippen molar-refractivity contribution >= 4 is 0 Å². The van der Waals surface area contributed by atoms with Gasteiger partial charge in [0.15, 0.2) is 0 Å². The fourth-order valence-electron chi connectivity index (χ4n) is 1.65. The van der Waals surface area contributed by atoms with Crippen LogP contribution in [0.1, 0.15) is 25.7 Å². The summed E-state index contributed by atoms with van der Waals surface area (Å²) in [6, 6.07) is 0. The summed E-state index contributed by atoms with van der Waals surface area (Å²) in [5, 5.41) is 0. The summed E-state index contributed by atoms with van der Waals surface area (Å²) in [6.45, 7) is 9.19. The van der Waals surface area contributed by atoms with Gasteiger partial charge in [0.05, 0.1) is 13.2 Å². The lowest BCUT2D eigenvalue weighted by Crippen LogP contribution is -2.15. The summed E-state index contributed by atoms with van der Waals surface area (Å²) >= 11 is 0. The minimum absolute atomic E-state index is 0.610. The van der Waals surface area contributed by atoms with Crippen molar-refractivity contribution in [2.45, 2.75) is 25.7 Å². The van der Waals surface area contributed by atoms with Crippen LogP contribution in [0.25, 0.3) is 0 Å². The van der Waals surface area contributed by atoms with E-state index in [1.54, 1.807) is 6.08 Å². The Bertz CT molecular complexity index is 160. The molecule has 0 aromatic heterocycles. The van der Waals surface area contributed by atoms with Crippen LogP contribution in [-0.2, 0) is 4.74 Å². The predicted octanol–water partition coefficient (Wildman–Crippen LogP) is 2.94. The van der Waals surface area contributed by atoms with Gasteiger partial charge in [-0.2, -0.15) is 0 Å². The molecule has 1 aliphatic carbocycles. The van der Waals surface area contributed by atoms with Crippen molar-refractivity contribution < 1.29 is 4.74 Å². The van der Waals surface area contributed by atoms with E-state index in [0.29, 0.717) is 12.5 Å². The average molecular weight is 166 g/mol. The van der Waals surface area contributed by atoms with Crippen molar-refractivity contribution in [3.63, 3.8) is 0 Å². The molecule has 1 aliphatic rings. The molecule has 0 bridgehead atoms. The van der Waals surface area contributed by atoms with E-state index in [-0.39, 0.29) is 0 Å². The summed E-state index contributed by atoms with van der Waals surface area (Å²) in [5.41, 5.74) is 1.38. The van der Waals surface area contributed by atoms with Crippen LogP contribution < -0.4 is 0 Å². The van der Waals surface area contributed by atoms with Crippen molar-refractivity contribution in [3.05, 3.63) is 24.8 Å². The van der Waals surface area contributed by atoms with Gasteiger partial charge < -0.3 is 4.74 Å². The lowest BCUT2D eigenvalue weighted by molar-refractivity contribution is 0.125. The first-order chi connectivity index (χ1) is 5.84. The van der Waals surface area contributed by atoms with Crippen molar-refractivity contribution in [2.24, 2.45) is 5.92 Å². The molecule has 0 aromatic rings. The summed E-state index contributed by atoms with van der Waals surface area (Å²) in [6.07, 6.45) is 6.90. The summed E-state index contributed by atoms with van der Waals surface area (Å²) in [5.74, 6) is 0.610. The molecule has 0 amide bonds. The van der Waals surface area contributed by atoms with Crippen LogP contribution in [0.5, 0.6) is 0 Å². The van der Waals surface area contributed by atoms with E-state index in [1.807, 2.05) is 0 Å². The zero-order chi connectivity index (χ0) is 8.81. The fourth-order valence-corrected chi connectivity index (χ4v) is 1.65. The fraction of sp³-hybridized carbons (Fsp3) is 0.636. The van der Waals surface area contributed by atoms with Gasteiger partial charge in [0.2, 0.25) is 0 Å². The molecule has 1 saturated carbocycles. The lowest BCUT2D eigenvalue weighted by atomic mass is 9.86. The Morgan fingerprint density at radius 1 is 1.50 bits per heavy atom. The molecule has 12 heavy (non-hydrogen) atoms. The highest BCUT2D eigenvalue weighted by atomic mass is 16.5. The predicted molar refractivity (Wildman–Crippen MR) is 52.1 cm³/mol. The van der Waals surface area contributed by atoms with Crippen LogP contribution in [0.2, 0.25) is 0 Å². The van der Waals surface area contributed by atoms with Crippen molar-refractivity contribution in [1.29, 1.82) is 0 Å². The second-order valence-corrected chi connectivity index (χ2v) is 3.43. The van der Waals surface area contributed by atoms with E-state index in [2.05, 4.69) is 13.2 Å². The molecule has 1 nitrogen and oxygen atoms in total. The molecule has 1 heteroatoms. The monoisotopic (exact) mass is 166 g/mol. The van der Waals surface area contributed by atoms with Crippen LogP contribution in [0.4, 0.5) is 0 Å². The van der Waals surface area contributed by atoms with Crippen LogP contribution in [0, 0.1) is 5.92 Å². The maximum atomic E-state index is 5.41. The molecule has 0 radical (unpaired) electrons. The van der Waals surface area contributed by atoms with Crippen molar-refractivity contribution in [2.75, 3.05) is 13.2 Å². The maximum absolute atomic E-state index is 5.41. The first kappa shape index (κ1) is 9.53. The first-order valence-corrected chi connectivity index (χ1v) is 4.71. The standard InChI is InChI=1S/C11H18O/c1-3-8-12-9-11-7-5-4-6-10(11)2/h3,11H,1-2,4-9H2. The average Bonchev–Trinajstić information content (AvgIpc) is 2.09. The van der Waals surface area contributed by atoms with Gasteiger partial charge in [-0.05, 0) is 19.3 Å². The molecular weight excluding hydrogens is 148 g/mol. The Hall–Kier alpha value is -0.560. The quantitative estimate of drug-likeness (QED) is 0.461. The smallest absolute Gasteiger partial charge is 0.0645 e. The molecule has 1 atom stereocenters. The van der Waals surface area contributed by atoms with Gasteiger partial charge in [0.25, 0.3) is 0 Å². The van der Waals surface area contributed by atoms with E-state index >= 15 is 0 Å². The SMILES string of the molecule is C=CCOCC1CCCCC1=C. The molecule has 0 saturated heterocycles. The highest BCUT2D eigenvalue weighted by molar-refractivity contribution is 5.03. The highest BCUT2D eigenvalue weighted by Gasteiger charge is 2.16. The van der Waals surface area contributed by atoms with Gasteiger partial charge in [0, 0.05) is 5.92 Å². The minimum Gasteiger partial charge on any atom is -0.377 e. The Morgan fingerprint density at radius 3 is 3.00 bits per heavy atom. The number of hydrogen-bond donors (Lipinski definition) is 0. The molecule has 0 N–H and O–H groups in total. The zero-order valence-electron chi connectivity index (χ0n) is 7.72. The Morgan fingerprint density at radius 2 is 2.33 bits per heavy atom. The van der Waals surface area contributed by atoms with Gasteiger partial charge in [-0.25, -0.2) is 0 Å². The van der Waals surface area contributed by atoms with E-state index in [0.717, 1.165) is 6.61 Å². The molecule has 0 spiro atoms. The Labute approximate surface area is 75.1 Å². The van der Waals surface area contributed by atoms with E-state index in [9.17, 15) is 0 Å². The van der Waals surface area contributed by atoms with Gasteiger partial charge in [-0.3, -0.25) is 0 Å². The summed E-state index contributed by atoms with van der Waals surface area (Å²) in [4.78, 5) is 0. The molecule has 1 unspecified atom stereocenters. The summed E-state index contributed by atoms with van der Waals surface area (Å²) in [7, 11) is 0. The molecular formula is C11H18O. The van der Waals surface area contributed by atoms with Crippen LogP contribution in [0.3, 0.4) is 0 Å². The third-order valence-electron chi connectivity index (χ3n) is 2.43. The number of rotatable bonds is 4. The van der Waals surface area contributed by atoms with E-state index < -0.39 is 0 Å². The molecule has 0 aliphatic heterocycles. The van der Waals surface area contributed by atoms with Gasteiger partial charge >= 0.3 is 0 Å². The molecule has 0 aromatic carbocycles. The highest BCUT2D eigenvalue weighted by Crippen LogP contribution is 2.27. The number of ether oxygens (including phenoxy) is 1. The van der Waals surface area contributed by atoms with Crippen LogP contribution >= 0.6 is 0 Å². The largest absolute Gasteiger partial charge is 0.377 e. The molecule has 0 heterocycles. The third-order valence-corrected chi connectivity index (χ3v) is 2.43. The third kappa shape index (κ3) is 2.82. The minimum atomic E-state index is 0.610. The van der Waals surface area contributed by atoms with Gasteiger partial charge in [-0.15, -0.1) is 6.58 Å². The van der Waals surface area contributed by atoms with Crippen LogP contribution in [-0.4, -0.2) is 13.2 Å². The molecule has 68 valence electrons. The Kier molecular flexibility index (Phi) is 4.09. The zero-order valence-corrected chi connectivity index (χ0v) is 7.72. The van der Waals surface area contributed by atoms with Gasteiger partial charge in [-0.1, -0.05) is 24.6 Å². The van der Waals surface area contributed by atoms with E-state index in [1.165, 1.54) is 31.3 Å². The molecule has 1 fully saturated rings. The second kappa shape index (κ2) is 5.15.